The van der Waals surface area contributed by atoms with Gasteiger partial charge >= 0.3 is 0 Å². The van der Waals surface area contributed by atoms with Gasteiger partial charge in [-0.25, -0.2) is 8.42 Å². The van der Waals surface area contributed by atoms with Crippen LogP contribution < -0.4 is 0 Å². The fourth-order valence-corrected chi connectivity index (χ4v) is 5.94. The highest BCUT2D eigenvalue weighted by molar-refractivity contribution is 7.90. The molecule has 0 bridgehead atoms. The van der Waals surface area contributed by atoms with Crippen LogP contribution in [0.4, 0.5) is 0 Å². The number of rotatable bonds is 4. The number of nitrogens with zero attached hydrogens (tertiary/aromatic N) is 3. The Kier molecular flexibility index (Phi) is 4.60. The fraction of sp³-hybridized carbons (Fsp3) is 0.706. The van der Waals surface area contributed by atoms with Crippen molar-refractivity contribution in [2.45, 2.75) is 49.6 Å². The molecule has 24 heavy (non-hydrogen) atoms. The SMILES string of the molecule is O=S(=O)(C1CC1)N1CCO[C@@H]2CCN(Cc3ccncc3)CC[C@H]21. The standard InChI is InChI=1S/C17H25N3O3S/c21-24(22,15-1-2-15)20-11-12-23-17-6-10-19(9-5-16(17)20)13-14-3-7-18-8-4-14/h3-4,7-8,15-17H,1-2,5-6,9-13H2/t16-,17-/m1/s1. The summed E-state index contributed by atoms with van der Waals surface area (Å²) in [5.41, 5.74) is 1.25. The first-order valence-corrected chi connectivity index (χ1v) is 10.4. The van der Waals surface area contributed by atoms with E-state index < -0.39 is 10.0 Å². The number of hydrogen-bond acceptors (Lipinski definition) is 5. The Labute approximate surface area is 143 Å². The molecule has 2 aliphatic heterocycles. The van der Waals surface area contributed by atoms with Crippen molar-refractivity contribution in [1.82, 2.24) is 14.2 Å². The van der Waals surface area contributed by atoms with Crippen molar-refractivity contribution in [2.24, 2.45) is 0 Å². The molecular weight excluding hydrogens is 326 g/mol. The number of morpholine rings is 1. The third-order valence-electron chi connectivity index (χ3n) is 5.34. The molecule has 4 rings (SSSR count). The number of aromatic nitrogens is 1. The Morgan fingerprint density at radius 3 is 2.58 bits per heavy atom. The topological polar surface area (TPSA) is 62.7 Å². The van der Waals surface area contributed by atoms with Gasteiger partial charge in [0.1, 0.15) is 0 Å². The van der Waals surface area contributed by atoms with Crippen molar-refractivity contribution in [3.8, 4) is 0 Å². The van der Waals surface area contributed by atoms with Crippen molar-refractivity contribution < 1.29 is 13.2 Å². The van der Waals surface area contributed by atoms with Crippen molar-refractivity contribution in [3.63, 3.8) is 0 Å². The van der Waals surface area contributed by atoms with Crippen LogP contribution in [0.3, 0.4) is 0 Å². The average molecular weight is 351 g/mol. The lowest BCUT2D eigenvalue weighted by molar-refractivity contribution is -0.0409. The van der Waals surface area contributed by atoms with Crippen LogP contribution in [0.2, 0.25) is 0 Å². The average Bonchev–Trinajstić information content (AvgIpc) is 3.43. The van der Waals surface area contributed by atoms with Gasteiger partial charge in [0, 0.05) is 38.6 Å². The zero-order chi connectivity index (χ0) is 16.6. The van der Waals surface area contributed by atoms with Crippen LogP contribution in [0, 0.1) is 0 Å². The van der Waals surface area contributed by atoms with Gasteiger partial charge < -0.3 is 4.74 Å². The summed E-state index contributed by atoms with van der Waals surface area (Å²) in [6.45, 7) is 3.78. The molecule has 0 spiro atoms. The molecule has 6 nitrogen and oxygen atoms in total. The normalized spacial score (nSPS) is 29.8. The van der Waals surface area contributed by atoms with E-state index in [4.69, 9.17) is 4.74 Å². The third kappa shape index (κ3) is 3.35. The summed E-state index contributed by atoms with van der Waals surface area (Å²) in [5, 5.41) is -0.132. The predicted octanol–water partition coefficient (Wildman–Crippen LogP) is 1.24. The number of likely N-dealkylation sites (tertiary alicyclic amines) is 1. The Bertz CT molecular complexity index is 663. The van der Waals surface area contributed by atoms with E-state index in [1.54, 1.807) is 4.31 Å². The number of fused-ring (bicyclic) bond motifs is 1. The Morgan fingerprint density at radius 1 is 1.08 bits per heavy atom. The summed E-state index contributed by atoms with van der Waals surface area (Å²) in [4.78, 5) is 6.47. The van der Waals surface area contributed by atoms with Crippen molar-refractivity contribution in [2.75, 3.05) is 26.2 Å². The highest BCUT2D eigenvalue weighted by atomic mass is 32.2. The lowest BCUT2D eigenvalue weighted by Gasteiger charge is -2.39. The largest absolute Gasteiger partial charge is 0.375 e. The second-order valence-electron chi connectivity index (χ2n) is 7.04. The molecule has 0 N–H and O–H groups in total. The minimum absolute atomic E-state index is 0.00629. The molecule has 1 aliphatic carbocycles. The van der Waals surface area contributed by atoms with Gasteiger partial charge in [0.15, 0.2) is 0 Å². The molecule has 3 aliphatic rings. The highest BCUT2D eigenvalue weighted by Gasteiger charge is 2.46. The van der Waals surface area contributed by atoms with Crippen LogP contribution in [-0.4, -0.2) is 66.2 Å². The van der Waals surface area contributed by atoms with Gasteiger partial charge in [-0.3, -0.25) is 9.88 Å². The van der Waals surface area contributed by atoms with Crippen LogP contribution in [-0.2, 0) is 21.3 Å². The first-order valence-electron chi connectivity index (χ1n) is 8.88. The zero-order valence-corrected chi connectivity index (χ0v) is 14.7. The molecule has 1 aromatic rings. The molecule has 132 valence electrons. The number of hydrogen-bond donors (Lipinski definition) is 0. The minimum Gasteiger partial charge on any atom is -0.375 e. The van der Waals surface area contributed by atoms with Gasteiger partial charge in [0.05, 0.1) is 24.0 Å². The van der Waals surface area contributed by atoms with Crippen LogP contribution >= 0.6 is 0 Å². The molecule has 1 saturated carbocycles. The quantitative estimate of drug-likeness (QED) is 0.817. The molecule has 0 amide bonds. The smallest absolute Gasteiger partial charge is 0.217 e. The predicted molar refractivity (Wildman–Crippen MR) is 90.9 cm³/mol. The molecule has 3 fully saturated rings. The van der Waals surface area contributed by atoms with E-state index in [1.165, 1.54) is 5.56 Å². The number of sulfonamides is 1. The zero-order valence-electron chi connectivity index (χ0n) is 13.9. The minimum atomic E-state index is -3.13. The number of ether oxygens (including phenoxy) is 1. The van der Waals surface area contributed by atoms with E-state index >= 15 is 0 Å². The second kappa shape index (κ2) is 6.71. The fourth-order valence-electron chi connectivity index (χ4n) is 3.88. The van der Waals surface area contributed by atoms with E-state index in [0.717, 1.165) is 45.3 Å². The van der Waals surface area contributed by atoms with Gasteiger partial charge in [0.2, 0.25) is 10.0 Å². The lowest BCUT2D eigenvalue weighted by atomic mass is 10.0. The van der Waals surface area contributed by atoms with Crippen LogP contribution in [0.5, 0.6) is 0 Å². The molecule has 2 saturated heterocycles. The van der Waals surface area contributed by atoms with E-state index in [0.29, 0.717) is 13.2 Å². The first-order chi connectivity index (χ1) is 11.6. The van der Waals surface area contributed by atoms with E-state index in [2.05, 4.69) is 9.88 Å². The highest BCUT2D eigenvalue weighted by Crippen LogP contribution is 2.35. The Hall–Kier alpha value is -1.02. The van der Waals surface area contributed by atoms with Gasteiger partial charge in [-0.15, -0.1) is 0 Å². The maximum absolute atomic E-state index is 12.7. The molecule has 0 unspecified atom stereocenters. The molecule has 1 aromatic heterocycles. The molecule has 0 radical (unpaired) electrons. The van der Waals surface area contributed by atoms with Crippen LogP contribution in [0.25, 0.3) is 0 Å². The van der Waals surface area contributed by atoms with Gasteiger partial charge in [-0.05, 0) is 43.4 Å². The Balaban J connectivity index is 1.46. The lowest BCUT2D eigenvalue weighted by Crippen LogP contribution is -2.54. The first kappa shape index (κ1) is 16.4. The van der Waals surface area contributed by atoms with E-state index in [1.807, 2.05) is 24.5 Å². The monoisotopic (exact) mass is 351 g/mol. The van der Waals surface area contributed by atoms with Crippen molar-refractivity contribution >= 4 is 10.0 Å². The third-order valence-corrected chi connectivity index (χ3v) is 7.76. The Morgan fingerprint density at radius 2 is 1.83 bits per heavy atom. The van der Waals surface area contributed by atoms with Crippen molar-refractivity contribution in [1.29, 1.82) is 0 Å². The maximum Gasteiger partial charge on any atom is 0.217 e. The van der Waals surface area contributed by atoms with Gasteiger partial charge in [-0.1, -0.05) is 0 Å². The molecule has 3 heterocycles. The summed E-state index contributed by atoms with van der Waals surface area (Å²) in [6, 6.07) is 4.09. The summed E-state index contributed by atoms with van der Waals surface area (Å²) < 4.78 is 33.2. The van der Waals surface area contributed by atoms with E-state index in [9.17, 15) is 8.42 Å². The molecule has 2 atom stereocenters. The second-order valence-corrected chi connectivity index (χ2v) is 9.21. The summed E-state index contributed by atoms with van der Waals surface area (Å²) >= 11 is 0. The van der Waals surface area contributed by atoms with Crippen molar-refractivity contribution in [3.05, 3.63) is 30.1 Å². The molecule has 7 heteroatoms. The maximum atomic E-state index is 12.7. The van der Waals surface area contributed by atoms with Gasteiger partial charge in [0.25, 0.3) is 0 Å². The summed E-state index contributed by atoms with van der Waals surface area (Å²) in [5.74, 6) is 0. The van der Waals surface area contributed by atoms with E-state index in [-0.39, 0.29) is 17.4 Å². The van der Waals surface area contributed by atoms with Crippen LogP contribution in [0.15, 0.2) is 24.5 Å². The summed E-state index contributed by atoms with van der Waals surface area (Å²) in [7, 11) is -3.13. The van der Waals surface area contributed by atoms with Crippen LogP contribution in [0.1, 0.15) is 31.2 Å². The molecule has 0 aromatic carbocycles. The molecular formula is C17H25N3O3S. The summed E-state index contributed by atoms with van der Waals surface area (Å²) in [6.07, 6.45) is 7.07. The number of pyridine rings is 1. The van der Waals surface area contributed by atoms with Gasteiger partial charge in [-0.2, -0.15) is 4.31 Å².